The summed E-state index contributed by atoms with van der Waals surface area (Å²) in [5.41, 5.74) is 4.64. The molecule has 0 aliphatic rings. The van der Waals surface area contributed by atoms with Crippen LogP contribution in [0.15, 0.2) is 30.0 Å². The molecule has 0 saturated heterocycles. The summed E-state index contributed by atoms with van der Waals surface area (Å²) in [6.45, 7) is 8.00. The first kappa shape index (κ1) is 10.3. The molecule has 0 atom stereocenters. The summed E-state index contributed by atoms with van der Waals surface area (Å²) in [5, 5.41) is 0. The molecule has 0 heterocycles. The maximum atomic E-state index is 3.62. The van der Waals surface area contributed by atoms with Gasteiger partial charge in [0.05, 0.1) is 0 Å². The summed E-state index contributed by atoms with van der Waals surface area (Å²) in [6, 6.07) is 0. The second kappa shape index (κ2) is 7.37. The van der Waals surface area contributed by atoms with E-state index in [-0.39, 0.29) is 0 Å². The maximum absolute atomic E-state index is 3.62. The first-order chi connectivity index (χ1) is 5.35. The van der Waals surface area contributed by atoms with E-state index >= 15 is 0 Å². The fourth-order valence-electron chi connectivity index (χ4n) is 0.918. The van der Waals surface area contributed by atoms with Crippen LogP contribution in [0.2, 0.25) is 0 Å². The minimum absolute atomic E-state index is 1.12. The van der Waals surface area contributed by atoms with Crippen molar-refractivity contribution in [2.45, 2.75) is 39.5 Å². The molecule has 0 amide bonds. The summed E-state index contributed by atoms with van der Waals surface area (Å²) >= 11 is 0. The van der Waals surface area contributed by atoms with Crippen molar-refractivity contribution in [2.75, 3.05) is 0 Å². The lowest BCUT2D eigenvalue weighted by atomic mass is 10.1. The van der Waals surface area contributed by atoms with Gasteiger partial charge in [0.1, 0.15) is 0 Å². The van der Waals surface area contributed by atoms with Gasteiger partial charge in [-0.15, -0.1) is 5.73 Å². The number of rotatable bonds is 5. The van der Waals surface area contributed by atoms with Gasteiger partial charge in [-0.1, -0.05) is 32.9 Å². The summed E-state index contributed by atoms with van der Waals surface area (Å²) in [5.74, 6) is 0. The third kappa shape index (κ3) is 5.69. The molecule has 11 heavy (non-hydrogen) atoms. The van der Waals surface area contributed by atoms with E-state index in [1.807, 2.05) is 6.08 Å². The predicted octanol–water partition coefficient (Wildman–Crippen LogP) is 3.85. The molecular formula is C11H18. The van der Waals surface area contributed by atoms with Crippen molar-refractivity contribution in [1.82, 2.24) is 0 Å². The molecule has 0 aliphatic heterocycles. The lowest BCUT2D eigenvalue weighted by Crippen LogP contribution is -1.78. The van der Waals surface area contributed by atoms with E-state index in [4.69, 9.17) is 0 Å². The number of hydrogen-bond donors (Lipinski definition) is 0. The minimum atomic E-state index is 1.12. The van der Waals surface area contributed by atoms with E-state index in [9.17, 15) is 0 Å². The maximum Gasteiger partial charge on any atom is -0.0206 e. The normalized spacial score (nSPS) is 8.55. The van der Waals surface area contributed by atoms with Gasteiger partial charge in [-0.05, 0) is 30.9 Å². The smallest absolute Gasteiger partial charge is 0.0206 e. The van der Waals surface area contributed by atoms with Crippen LogP contribution in [-0.4, -0.2) is 0 Å². The van der Waals surface area contributed by atoms with E-state index in [0.717, 1.165) is 6.42 Å². The van der Waals surface area contributed by atoms with Crippen LogP contribution in [0.3, 0.4) is 0 Å². The van der Waals surface area contributed by atoms with Crippen molar-refractivity contribution in [3.63, 3.8) is 0 Å². The van der Waals surface area contributed by atoms with Crippen molar-refractivity contribution in [2.24, 2.45) is 0 Å². The molecule has 0 aromatic rings. The predicted molar refractivity (Wildman–Crippen MR) is 51.6 cm³/mol. The Balaban J connectivity index is 3.93. The van der Waals surface area contributed by atoms with Crippen LogP contribution in [-0.2, 0) is 0 Å². The van der Waals surface area contributed by atoms with E-state index in [0.29, 0.717) is 0 Å². The minimum Gasteiger partial charge on any atom is -0.122 e. The highest BCUT2D eigenvalue weighted by Gasteiger charge is 1.90. The van der Waals surface area contributed by atoms with Crippen molar-refractivity contribution in [3.8, 4) is 0 Å². The van der Waals surface area contributed by atoms with E-state index < -0.39 is 0 Å². The Bertz CT molecular complexity index is 157. The summed E-state index contributed by atoms with van der Waals surface area (Å²) in [6.07, 6.45) is 8.53. The Morgan fingerprint density at radius 2 is 2.18 bits per heavy atom. The van der Waals surface area contributed by atoms with Crippen molar-refractivity contribution in [1.29, 1.82) is 0 Å². The summed E-state index contributed by atoms with van der Waals surface area (Å²) < 4.78 is 0. The number of hydrogen-bond acceptors (Lipinski definition) is 0. The van der Waals surface area contributed by atoms with Crippen LogP contribution in [0.25, 0.3) is 0 Å². The quantitative estimate of drug-likeness (QED) is 0.412. The van der Waals surface area contributed by atoms with Gasteiger partial charge in [-0.2, -0.15) is 0 Å². The van der Waals surface area contributed by atoms with Crippen LogP contribution in [0.1, 0.15) is 39.5 Å². The Labute approximate surface area is 70.3 Å². The van der Waals surface area contributed by atoms with Crippen molar-refractivity contribution >= 4 is 0 Å². The highest BCUT2D eigenvalue weighted by molar-refractivity contribution is 5.06. The molecule has 0 rings (SSSR count). The molecule has 0 aromatic heterocycles. The van der Waals surface area contributed by atoms with Gasteiger partial charge in [-0.25, -0.2) is 0 Å². The topological polar surface area (TPSA) is 0 Å². The van der Waals surface area contributed by atoms with Crippen LogP contribution < -0.4 is 0 Å². The number of allylic oxidation sites excluding steroid dienone is 2. The Morgan fingerprint density at radius 3 is 2.64 bits per heavy atom. The van der Waals surface area contributed by atoms with E-state index in [2.05, 4.69) is 26.2 Å². The highest BCUT2D eigenvalue weighted by Crippen LogP contribution is 2.08. The molecular weight excluding hydrogens is 132 g/mol. The zero-order valence-electron chi connectivity index (χ0n) is 7.69. The molecule has 0 aliphatic carbocycles. The summed E-state index contributed by atoms with van der Waals surface area (Å²) in [7, 11) is 0. The fourth-order valence-corrected chi connectivity index (χ4v) is 0.918. The molecule has 62 valence electrons. The molecule has 0 saturated carbocycles. The van der Waals surface area contributed by atoms with Gasteiger partial charge in [0, 0.05) is 0 Å². The van der Waals surface area contributed by atoms with Gasteiger partial charge in [0.25, 0.3) is 0 Å². The molecule has 0 spiro atoms. The van der Waals surface area contributed by atoms with E-state index in [1.54, 1.807) is 6.08 Å². The highest BCUT2D eigenvalue weighted by atomic mass is 13.9. The molecule has 0 radical (unpaired) electrons. The third-order valence-corrected chi connectivity index (χ3v) is 1.66. The third-order valence-electron chi connectivity index (χ3n) is 1.66. The second-order valence-corrected chi connectivity index (χ2v) is 2.61. The van der Waals surface area contributed by atoms with Gasteiger partial charge in [0.2, 0.25) is 0 Å². The first-order valence-corrected chi connectivity index (χ1v) is 4.40. The average Bonchev–Trinajstić information content (AvgIpc) is 2.05. The molecule has 0 unspecified atom stereocenters. The largest absolute Gasteiger partial charge is 0.122 e. The molecule has 0 nitrogen and oxygen atoms in total. The van der Waals surface area contributed by atoms with Gasteiger partial charge in [-0.3, -0.25) is 0 Å². The molecule has 0 N–H and O–H groups in total. The van der Waals surface area contributed by atoms with Crippen molar-refractivity contribution < 1.29 is 0 Å². The molecule has 0 fully saturated rings. The zero-order valence-corrected chi connectivity index (χ0v) is 7.69. The number of unbranched alkanes of at least 4 members (excludes halogenated alkanes) is 1. The van der Waals surface area contributed by atoms with Crippen molar-refractivity contribution in [3.05, 3.63) is 30.0 Å². The second-order valence-electron chi connectivity index (χ2n) is 2.61. The van der Waals surface area contributed by atoms with Gasteiger partial charge in [0.15, 0.2) is 0 Å². The standard InChI is InChI=1S/C11H18/c1-4-7-9-11(6-3)10-8-5-2/h4,7H,1,5-6,8,10H2,2-3H3. The van der Waals surface area contributed by atoms with Gasteiger partial charge < -0.3 is 0 Å². The van der Waals surface area contributed by atoms with Crippen LogP contribution in [0.5, 0.6) is 0 Å². The van der Waals surface area contributed by atoms with Gasteiger partial charge >= 0.3 is 0 Å². The molecule has 0 aromatic carbocycles. The van der Waals surface area contributed by atoms with Crippen LogP contribution >= 0.6 is 0 Å². The Morgan fingerprint density at radius 1 is 1.45 bits per heavy atom. The lowest BCUT2D eigenvalue weighted by molar-refractivity contribution is 0.768. The van der Waals surface area contributed by atoms with Crippen LogP contribution in [0, 0.1) is 0 Å². The zero-order chi connectivity index (χ0) is 8.53. The Hall–Kier alpha value is -0.740. The average molecular weight is 150 g/mol. The molecule has 0 heteroatoms. The van der Waals surface area contributed by atoms with E-state index in [1.165, 1.54) is 24.8 Å². The first-order valence-electron chi connectivity index (χ1n) is 4.40. The fraction of sp³-hybridized carbons (Fsp3) is 0.545. The van der Waals surface area contributed by atoms with Crippen LogP contribution in [0.4, 0.5) is 0 Å². The SMILES string of the molecule is C=CC=C=C(CC)CCCC. The monoisotopic (exact) mass is 150 g/mol. The summed E-state index contributed by atoms with van der Waals surface area (Å²) in [4.78, 5) is 0. The Kier molecular flexibility index (Phi) is 6.87. The molecule has 0 bridgehead atoms. The lowest BCUT2D eigenvalue weighted by Gasteiger charge is -1.97.